The SMILES string of the molecule is CCCCCCCCCCC(OC(C)=O)C1=CC(=O)OC1O. The molecule has 2 atom stereocenters. The zero-order valence-electron chi connectivity index (χ0n) is 13.7. The molecule has 1 aliphatic heterocycles. The molecule has 0 amide bonds. The van der Waals surface area contributed by atoms with Crippen LogP contribution in [0.2, 0.25) is 0 Å². The molecule has 0 saturated heterocycles. The number of carbonyl (C=O) groups excluding carboxylic acids is 2. The van der Waals surface area contributed by atoms with Gasteiger partial charge in [0.1, 0.15) is 6.10 Å². The van der Waals surface area contributed by atoms with E-state index in [1.807, 2.05) is 0 Å². The molecule has 0 radical (unpaired) electrons. The summed E-state index contributed by atoms with van der Waals surface area (Å²) in [4.78, 5) is 22.3. The van der Waals surface area contributed by atoms with Crippen LogP contribution in [0.25, 0.3) is 0 Å². The number of hydrogen-bond donors (Lipinski definition) is 1. The fraction of sp³-hybridized carbons (Fsp3) is 0.765. The van der Waals surface area contributed by atoms with Crippen LogP contribution in [0.15, 0.2) is 11.6 Å². The van der Waals surface area contributed by atoms with Crippen molar-refractivity contribution in [2.45, 2.75) is 84.0 Å². The molecule has 0 bridgehead atoms. The minimum Gasteiger partial charge on any atom is -0.458 e. The molecule has 0 aromatic rings. The number of rotatable bonds is 11. The number of cyclic esters (lactones) is 1. The van der Waals surface area contributed by atoms with E-state index in [1.54, 1.807) is 0 Å². The summed E-state index contributed by atoms with van der Waals surface area (Å²) in [5.41, 5.74) is 0.350. The van der Waals surface area contributed by atoms with Crippen molar-refractivity contribution in [3.63, 3.8) is 0 Å². The van der Waals surface area contributed by atoms with E-state index in [4.69, 9.17) is 4.74 Å². The van der Waals surface area contributed by atoms with E-state index in [-0.39, 0.29) is 0 Å². The Kier molecular flexibility index (Phi) is 8.82. The summed E-state index contributed by atoms with van der Waals surface area (Å²) in [5, 5.41) is 9.66. The van der Waals surface area contributed by atoms with Crippen molar-refractivity contribution in [3.05, 3.63) is 11.6 Å². The van der Waals surface area contributed by atoms with Gasteiger partial charge in [-0.05, 0) is 12.8 Å². The molecule has 1 aliphatic rings. The Balaban J connectivity index is 2.29. The van der Waals surface area contributed by atoms with Crippen LogP contribution in [-0.2, 0) is 19.1 Å². The van der Waals surface area contributed by atoms with E-state index in [9.17, 15) is 14.7 Å². The number of esters is 2. The number of hydrogen-bond acceptors (Lipinski definition) is 5. The lowest BCUT2D eigenvalue weighted by Crippen LogP contribution is -2.25. The summed E-state index contributed by atoms with van der Waals surface area (Å²) >= 11 is 0. The first-order chi connectivity index (χ1) is 10.5. The van der Waals surface area contributed by atoms with E-state index in [1.165, 1.54) is 45.1 Å². The van der Waals surface area contributed by atoms with Gasteiger partial charge in [0.05, 0.1) is 0 Å². The molecule has 5 nitrogen and oxygen atoms in total. The minimum absolute atomic E-state index is 0.350. The van der Waals surface area contributed by atoms with Gasteiger partial charge >= 0.3 is 11.9 Å². The maximum Gasteiger partial charge on any atom is 0.333 e. The third-order valence-electron chi connectivity index (χ3n) is 3.80. The summed E-state index contributed by atoms with van der Waals surface area (Å²) in [7, 11) is 0. The number of ether oxygens (including phenoxy) is 2. The quantitative estimate of drug-likeness (QED) is 0.468. The van der Waals surface area contributed by atoms with Gasteiger partial charge in [-0.3, -0.25) is 4.79 Å². The van der Waals surface area contributed by atoms with Crippen molar-refractivity contribution >= 4 is 11.9 Å². The summed E-state index contributed by atoms with van der Waals surface area (Å²) in [6.45, 7) is 3.53. The summed E-state index contributed by atoms with van der Waals surface area (Å²) < 4.78 is 9.86. The number of aliphatic hydroxyl groups excluding tert-OH is 1. The van der Waals surface area contributed by atoms with Crippen molar-refractivity contribution in [3.8, 4) is 0 Å². The largest absolute Gasteiger partial charge is 0.458 e. The first-order valence-electron chi connectivity index (χ1n) is 8.32. The average molecular weight is 312 g/mol. The maximum atomic E-state index is 11.2. The first-order valence-corrected chi connectivity index (χ1v) is 8.32. The second-order valence-electron chi connectivity index (χ2n) is 5.80. The molecule has 0 spiro atoms. The maximum absolute atomic E-state index is 11.2. The monoisotopic (exact) mass is 312 g/mol. The van der Waals surface area contributed by atoms with Crippen LogP contribution in [0.5, 0.6) is 0 Å². The molecule has 1 N–H and O–H groups in total. The van der Waals surface area contributed by atoms with Gasteiger partial charge in [-0.1, -0.05) is 51.9 Å². The normalized spacial score (nSPS) is 18.8. The van der Waals surface area contributed by atoms with Gasteiger partial charge < -0.3 is 14.6 Å². The number of carbonyl (C=O) groups is 2. The molecule has 0 saturated carbocycles. The molecule has 1 rings (SSSR count). The lowest BCUT2D eigenvalue weighted by Gasteiger charge is -2.19. The zero-order chi connectivity index (χ0) is 16.4. The fourth-order valence-electron chi connectivity index (χ4n) is 2.63. The Morgan fingerprint density at radius 2 is 1.82 bits per heavy atom. The molecule has 0 aromatic carbocycles. The summed E-state index contributed by atoms with van der Waals surface area (Å²) in [5.74, 6) is -1.01. The third-order valence-corrected chi connectivity index (χ3v) is 3.80. The minimum atomic E-state index is -1.29. The van der Waals surface area contributed by atoms with Crippen LogP contribution in [-0.4, -0.2) is 29.4 Å². The highest BCUT2D eigenvalue weighted by atomic mass is 16.6. The van der Waals surface area contributed by atoms with Gasteiger partial charge in [0, 0.05) is 18.6 Å². The molecule has 2 unspecified atom stereocenters. The number of unbranched alkanes of at least 4 members (excludes halogenated alkanes) is 7. The molecule has 5 heteroatoms. The average Bonchev–Trinajstić information content (AvgIpc) is 2.79. The van der Waals surface area contributed by atoms with Crippen LogP contribution in [0.1, 0.15) is 71.6 Å². The Bertz CT molecular complexity index is 389. The Hall–Kier alpha value is -1.36. The topological polar surface area (TPSA) is 72.8 Å². The van der Waals surface area contributed by atoms with Crippen molar-refractivity contribution < 1.29 is 24.2 Å². The van der Waals surface area contributed by atoms with Gasteiger partial charge in [-0.25, -0.2) is 4.79 Å². The molecule has 126 valence electrons. The predicted octanol–water partition coefficient (Wildman–Crippen LogP) is 3.25. The Labute approximate surface area is 132 Å². The van der Waals surface area contributed by atoms with Crippen LogP contribution in [0.4, 0.5) is 0 Å². The van der Waals surface area contributed by atoms with Crippen LogP contribution in [0.3, 0.4) is 0 Å². The predicted molar refractivity (Wildman–Crippen MR) is 83.0 cm³/mol. The van der Waals surface area contributed by atoms with Crippen molar-refractivity contribution in [2.24, 2.45) is 0 Å². The molecule has 0 aliphatic carbocycles. The lowest BCUT2D eigenvalue weighted by molar-refractivity contribution is -0.153. The van der Waals surface area contributed by atoms with Gasteiger partial charge in [0.2, 0.25) is 6.29 Å². The second-order valence-corrected chi connectivity index (χ2v) is 5.80. The Morgan fingerprint density at radius 1 is 1.23 bits per heavy atom. The van der Waals surface area contributed by atoms with E-state index < -0.39 is 24.3 Å². The molecule has 0 fully saturated rings. The van der Waals surface area contributed by atoms with Crippen molar-refractivity contribution in [1.29, 1.82) is 0 Å². The van der Waals surface area contributed by atoms with Gasteiger partial charge in [0.25, 0.3) is 0 Å². The van der Waals surface area contributed by atoms with Crippen LogP contribution >= 0.6 is 0 Å². The smallest absolute Gasteiger partial charge is 0.333 e. The molecule has 0 aromatic heterocycles. The summed E-state index contributed by atoms with van der Waals surface area (Å²) in [6, 6.07) is 0. The zero-order valence-corrected chi connectivity index (χ0v) is 13.7. The molecular formula is C17H28O5. The first kappa shape index (κ1) is 18.7. The van der Waals surface area contributed by atoms with Crippen LogP contribution < -0.4 is 0 Å². The standard InChI is InChI=1S/C17H28O5/c1-3-4-5-6-7-8-9-10-11-15(21-13(2)18)14-12-16(19)22-17(14)20/h12,15,17,20H,3-11H2,1-2H3. The van der Waals surface area contributed by atoms with Crippen molar-refractivity contribution in [1.82, 2.24) is 0 Å². The highest BCUT2D eigenvalue weighted by Crippen LogP contribution is 2.24. The van der Waals surface area contributed by atoms with Gasteiger partial charge in [-0.15, -0.1) is 0 Å². The molecule has 22 heavy (non-hydrogen) atoms. The highest BCUT2D eigenvalue weighted by Gasteiger charge is 2.31. The van der Waals surface area contributed by atoms with Crippen LogP contribution in [0, 0.1) is 0 Å². The Morgan fingerprint density at radius 3 is 2.32 bits per heavy atom. The number of aliphatic hydroxyl groups is 1. The fourth-order valence-corrected chi connectivity index (χ4v) is 2.63. The van der Waals surface area contributed by atoms with E-state index in [0.717, 1.165) is 19.3 Å². The van der Waals surface area contributed by atoms with Gasteiger partial charge in [-0.2, -0.15) is 0 Å². The lowest BCUT2D eigenvalue weighted by atomic mass is 10.0. The van der Waals surface area contributed by atoms with Gasteiger partial charge in [0.15, 0.2) is 0 Å². The van der Waals surface area contributed by atoms with Crippen molar-refractivity contribution in [2.75, 3.05) is 0 Å². The molecule has 1 heterocycles. The molecular weight excluding hydrogens is 284 g/mol. The highest BCUT2D eigenvalue weighted by molar-refractivity contribution is 5.86. The summed E-state index contributed by atoms with van der Waals surface area (Å²) in [6.07, 6.45) is 9.43. The second kappa shape index (κ2) is 10.4. The van der Waals surface area contributed by atoms with E-state index in [2.05, 4.69) is 11.7 Å². The third kappa shape index (κ3) is 7.07. The van der Waals surface area contributed by atoms with E-state index >= 15 is 0 Å². The van der Waals surface area contributed by atoms with E-state index in [0.29, 0.717) is 12.0 Å².